The highest BCUT2D eigenvalue weighted by Crippen LogP contribution is 2.25. The summed E-state index contributed by atoms with van der Waals surface area (Å²) in [5.41, 5.74) is 0.597. The number of pyridine rings is 2. The number of nitrogens with zero attached hydrogens (tertiary/aromatic N) is 2. The minimum Gasteiger partial charge on any atom is -0.237 e. The van der Waals surface area contributed by atoms with Crippen molar-refractivity contribution >= 4 is 11.0 Å². The van der Waals surface area contributed by atoms with Crippen molar-refractivity contribution in [1.29, 1.82) is 0 Å². The van der Waals surface area contributed by atoms with E-state index in [-0.39, 0.29) is 11.3 Å². The Morgan fingerprint density at radius 1 is 0.833 bits per heavy atom. The van der Waals surface area contributed by atoms with Crippen molar-refractivity contribution < 1.29 is 8.78 Å². The number of halogens is 2. The Labute approximate surface area is 102 Å². The van der Waals surface area contributed by atoms with Gasteiger partial charge >= 0.3 is 0 Å². The lowest BCUT2D eigenvalue weighted by Gasteiger charge is -2.05. The fourth-order valence-corrected chi connectivity index (χ4v) is 1.83. The van der Waals surface area contributed by atoms with Crippen LogP contribution in [0.2, 0.25) is 0 Å². The zero-order chi connectivity index (χ0) is 12.5. The van der Waals surface area contributed by atoms with Crippen LogP contribution in [0.3, 0.4) is 0 Å². The Morgan fingerprint density at radius 2 is 1.61 bits per heavy atom. The number of benzene rings is 1. The first-order valence-corrected chi connectivity index (χ1v) is 5.42. The standard InChI is InChI=1S/C14H8F2N2/c15-10-4-1-5-11(16)13(10)12-7-6-9-3-2-8-17-14(9)18-12/h1-8H. The van der Waals surface area contributed by atoms with Gasteiger partial charge in [0.25, 0.3) is 0 Å². The van der Waals surface area contributed by atoms with Crippen LogP contribution < -0.4 is 0 Å². The average molecular weight is 242 g/mol. The van der Waals surface area contributed by atoms with Gasteiger partial charge in [0.15, 0.2) is 5.65 Å². The van der Waals surface area contributed by atoms with Crippen molar-refractivity contribution in [1.82, 2.24) is 9.97 Å². The van der Waals surface area contributed by atoms with Crippen LogP contribution in [0, 0.1) is 11.6 Å². The van der Waals surface area contributed by atoms with Crippen molar-refractivity contribution in [2.75, 3.05) is 0 Å². The summed E-state index contributed by atoms with van der Waals surface area (Å²) in [6.45, 7) is 0. The van der Waals surface area contributed by atoms with Crippen LogP contribution in [-0.4, -0.2) is 9.97 Å². The SMILES string of the molecule is Fc1cccc(F)c1-c1ccc2cccnc2n1. The second-order valence-corrected chi connectivity index (χ2v) is 3.84. The van der Waals surface area contributed by atoms with E-state index < -0.39 is 11.6 Å². The van der Waals surface area contributed by atoms with Gasteiger partial charge in [0.1, 0.15) is 11.6 Å². The summed E-state index contributed by atoms with van der Waals surface area (Å²) >= 11 is 0. The van der Waals surface area contributed by atoms with E-state index in [1.54, 1.807) is 24.4 Å². The smallest absolute Gasteiger partial charge is 0.159 e. The van der Waals surface area contributed by atoms with Gasteiger partial charge in [-0.3, -0.25) is 0 Å². The van der Waals surface area contributed by atoms with Crippen LogP contribution >= 0.6 is 0 Å². The average Bonchev–Trinajstić information content (AvgIpc) is 2.38. The van der Waals surface area contributed by atoms with Crippen LogP contribution in [-0.2, 0) is 0 Å². The minimum atomic E-state index is -0.627. The molecule has 0 bridgehead atoms. The normalized spacial score (nSPS) is 10.8. The van der Waals surface area contributed by atoms with Crippen molar-refractivity contribution in [3.8, 4) is 11.3 Å². The van der Waals surface area contributed by atoms with Crippen LogP contribution in [0.5, 0.6) is 0 Å². The zero-order valence-electron chi connectivity index (χ0n) is 9.27. The van der Waals surface area contributed by atoms with Gasteiger partial charge in [0, 0.05) is 11.6 Å². The number of aromatic nitrogens is 2. The Kier molecular flexibility index (Phi) is 2.48. The van der Waals surface area contributed by atoms with E-state index in [0.29, 0.717) is 5.65 Å². The maximum absolute atomic E-state index is 13.6. The first kappa shape index (κ1) is 10.8. The summed E-state index contributed by atoms with van der Waals surface area (Å²) in [7, 11) is 0. The molecule has 0 aliphatic rings. The number of hydrogen-bond acceptors (Lipinski definition) is 2. The fourth-order valence-electron chi connectivity index (χ4n) is 1.83. The molecular weight excluding hydrogens is 234 g/mol. The molecule has 0 unspecified atom stereocenters. The van der Waals surface area contributed by atoms with Crippen molar-refractivity contribution in [2.45, 2.75) is 0 Å². The molecule has 3 rings (SSSR count). The predicted molar refractivity (Wildman–Crippen MR) is 64.9 cm³/mol. The summed E-state index contributed by atoms with van der Waals surface area (Å²) in [6, 6.07) is 10.7. The van der Waals surface area contributed by atoms with Gasteiger partial charge in [-0.05, 0) is 36.4 Å². The lowest BCUT2D eigenvalue weighted by Crippen LogP contribution is -1.93. The third-order valence-corrected chi connectivity index (χ3v) is 2.68. The molecule has 2 aromatic heterocycles. The van der Waals surface area contributed by atoms with Gasteiger partial charge in [0.2, 0.25) is 0 Å². The molecule has 0 saturated carbocycles. The lowest BCUT2D eigenvalue weighted by atomic mass is 10.1. The zero-order valence-corrected chi connectivity index (χ0v) is 9.27. The summed E-state index contributed by atoms with van der Waals surface area (Å²) in [5.74, 6) is -1.25. The lowest BCUT2D eigenvalue weighted by molar-refractivity contribution is 0.589. The van der Waals surface area contributed by atoms with Crippen LogP contribution in [0.15, 0.2) is 48.7 Å². The van der Waals surface area contributed by atoms with Crippen molar-refractivity contribution in [3.05, 3.63) is 60.3 Å². The maximum Gasteiger partial charge on any atom is 0.159 e. The molecule has 0 spiro atoms. The largest absolute Gasteiger partial charge is 0.237 e. The van der Waals surface area contributed by atoms with E-state index in [1.165, 1.54) is 18.2 Å². The maximum atomic E-state index is 13.6. The monoisotopic (exact) mass is 242 g/mol. The Bertz CT molecular complexity index is 706. The Morgan fingerprint density at radius 3 is 2.39 bits per heavy atom. The molecule has 0 N–H and O–H groups in total. The Balaban J connectivity index is 2.26. The fraction of sp³-hybridized carbons (Fsp3) is 0. The van der Waals surface area contributed by atoms with Crippen LogP contribution in [0.1, 0.15) is 0 Å². The highest BCUT2D eigenvalue weighted by atomic mass is 19.1. The molecule has 18 heavy (non-hydrogen) atoms. The van der Waals surface area contributed by atoms with Crippen molar-refractivity contribution in [2.24, 2.45) is 0 Å². The molecule has 2 nitrogen and oxygen atoms in total. The van der Waals surface area contributed by atoms with Crippen molar-refractivity contribution in [3.63, 3.8) is 0 Å². The molecule has 0 atom stereocenters. The number of rotatable bonds is 1. The molecule has 0 amide bonds. The molecule has 0 radical (unpaired) electrons. The first-order valence-electron chi connectivity index (χ1n) is 5.42. The van der Waals surface area contributed by atoms with E-state index in [1.807, 2.05) is 6.07 Å². The van der Waals surface area contributed by atoms with E-state index in [0.717, 1.165) is 5.39 Å². The van der Waals surface area contributed by atoms with Crippen LogP contribution in [0.4, 0.5) is 8.78 Å². The molecule has 4 heteroatoms. The second kappa shape index (κ2) is 4.14. The quantitative estimate of drug-likeness (QED) is 0.651. The summed E-state index contributed by atoms with van der Waals surface area (Å²) in [4.78, 5) is 8.25. The first-order chi connectivity index (χ1) is 8.75. The molecule has 3 aromatic rings. The van der Waals surface area contributed by atoms with Gasteiger partial charge < -0.3 is 0 Å². The molecule has 0 aliphatic heterocycles. The van der Waals surface area contributed by atoms with Gasteiger partial charge in [-0.2, -0.15) is 0 Å². The molecule has 88 valence electrons. The van der Waals surface area contributed by atoms with Gasteiger partial charge in [-0.1, -0.05) is 6.07 Å². The summed E-state index contributed by atoms with van der Waals surface area (Å²) in [6.07, 6.45) is 1.59. The number of fused-ring (bicyclic) bond motifs is 1. The molecule has 0 fully saturated rings. The second-order valence-electron chi connectivity index (χ2n) is 3.84. The summed E-state index contributed by atoms with van der Waals surface area (Å²) < 4.78 is 27.3. The van der Waals surface area contributed by atoms with Crippen LogP contribution in [0.25, 0.3) is 22.3 Å². The van der Waals surface area contributed by atoms with E-state index in [4.69, 9.17) is 0 Å². The molecule has 0 saturated heterocycles. The highest BCUT2D eigenvalue weighted by Gasteiger charge is 2.12. The predicted octanol–water partition coefficient (Wildman–Crippen LogP) is 3.58. The van der Waals surface area contributed by atoms with Gasteiger partial charge in [0.05, 0.1) is 11.3 Å². The summed E-state index contributed by atoms with van der Waals surface area (Å²) in [5, 5.41) is 0.831. The minimum absolute atomic E-state index is 0.120. The Hall–Kier alpha value is -2.36. The highest BCUT2D eigenvalue weighted by molar-refractivity contribution is 5.78. The third kappa shape index (κ3) is 1.72. The molecular formula is C14H8F2N2. The molecule has 2 heterocycles. The molecule has 1 aromatic carbocycles. The van der Waals surface area contributed by atoms with E-state index in [9.17, 15) is 8.78 Å². The van der Waals surface area contributed by atoms with Gasteiger partial charge in [-0.25, -0.2) is 18.7 Å². The van der Waals surface area contributed by atoms with E-state index in [2.05, 4.69) is 9.97 Å². The third-order valence-electron chi connectivity index (χ3n) is 2.68. The molecule has 0 aliphatic carbocycles. The van der Waals surface area contributed by atoms with Gasteiger partial charge in [-0.15, -0.1) is 0 Å². The number of hydrogen-bond donors (Lipinski definition) is 0. The topological polar surface area (TPSA) is 25.8 Å². The van der Waals surface area contributed by atoms with E-state index >= 15 is 0 Å².